The molecule has 1 aliphatic rings. The Morgan fingerprint density at radius 1 is 1.39 bits per heavy atom. The summed E-state index contributed by atoms with van der Waals surface area (Å²) < 4.78 is 0. The van der Waals surface area contributed by atoms with Crippen LogP contribution in [-0.4, -0.2) is 25.0 Å². The van der Waals surface area contributed by atoms with E-state index in [1.807, 2.05) is 6.07 Å². The first-order chi connectivity index (χ1) is 8.66. The molecule has 0 aliphatic heterocycles. The van der Waals surface area contributed by atoms with Gasteiger partial charge in [0.1, 0.15) is 0 Å². The smallest absolute Gasteiger partial charge is 0.250 e. The van der Waals surface area contributed by atoms with E-state index >= 15 is 0 Å². The number of primary amides is 1. The quantitative estimate of drug-likeness (QED) is 0.662. The van der Waals surface area contributed by atoms with Gasteiger partial charge in [-0.25, -0.2) is 0 Å². The van der Waals surface area contributed by atoms with E-state index in [4.69, 9.17) is 17.3 Å². The van der Waals surface area contributed by atoms with E-state index in [1.54, 1.807) is 12.1 Å². The third-order valence-electron chi connectivity index (χ3n) is 2.93. The Balaban J connectivity index is 1.74. The van der Waals surface area contributed by atoms with Crippen molar-refractivity contribution in [2.75, 3.05) is 18.4 Å². The van der Waals surface area contributed by atoms with Crippen molar-refractivity contribution >= 4 is 23.2 Å². The van der Waals surface area contributed by atoms with Crippen molar-refractivity contribution in [1.29, 1.82) is 0 Å². The number of anilines is 1. The summed E-state index contributed by atoms with van der Waals surface area (Å²) in [5, 5.41) is 7.11. The summed E-state index contributed by atoms with van der Waals surface area (Å²) in [5.74, 6) is -0.500. The molecule has 2 rings (SSSR count). The Morgan fingerprint density at radius 2 is 2.17 bits per heavy atom. The normalized spacial score (nSPS) is 14.5. The molecular weight excluding hydrogens is 250 g/mol. The highest BCUT2D eigenvalue weighted by molar-refractivity contribution is 6.34. The van der Waals surface area contributed by atoms with Crippen LogP contribution in [0.15, 0.2) is 18.2 Å². The number of hydrogen-bond donors (Lipinski definition) is 3. The number of carbonyl (C=O) groups excluding carboxylic acids is 1. The van der Waals surface area contributed by atoms with Gasteiger partial charge in [-0.15, -0.1) is 0 Å². The molecule has 5 heteroatoms. The fourth-order valence-electron chi connectivity index (χ4n) is 1.74. The summed E-state index contributed by atoms with van der Waals surface area (Å²) in [7, 11) is 0. The van der Waals surface area contributed by atoms with Crippen LogP contribution in [0.25, 0.3) is 0 Å². The van der Waals surface area contributed by atoms with Gasteiger partial charge in [0.25, 0.3) is 0 Å². The van der Waals surface area contributed by atoms with Gasteiger partial charge in [-0.1, -0.05) is 11.6 Å². The Labute approximate surface area is 112 Å². The van der Waals surface area contributed by atoms with Crippen LogP contribution in [0.5, 0.6) is 0 Å². The summed E-state index contributed by atoms with van der Waals surface area (Å²) in [6.07, 6.45) is 3.70. The van der Waals surface area contributed by atoms with E-state index < -0.39 is 5.91 Å². The van der Waals surface area contributed by atoms with Crippen molar-refractivity contribution in [3.8, 4) is 0 Å². The highest BCUT2D eigenvalue weighted by Gasteiger charge is 2.19. The van der Waals surface area contributed by atoms with Gasteiger partial charge >= 0.3 is 0 Å². The van der Waals surface area contributed by atoms with Gasteiger partial charge < -0.3 is 16.4 Å². The lowest BCUT2D eigenvalue weighted by atomic mass is 10.2. The average molecular weight is 268 g/mol. The lowest BCUT2D eigenvalue weighted by Gasteiger charge is -2.08. The minimum Gasteiger partial charge on any atom is -0.385 e. The largest absolute Gasteiger partial charge is 0.385 e. The molecule has 0 aromatic heterocycles. The van der Waals surface area contributed by atoms with Crippen molar-refractivity contribution in [2.45, 2.75) is 25.3 Å². The van der Waals surface area contributed by atoms with E-state index in [2.05, 4.69) is 10.6 Å². The maximum atomic E-state index is 11.0. The molecule has 0 bridgehead atoms. The van der Waals surface area contributed by atoms with Crippen LogP contribution in [0.3, 0.4) is 0 Å². The maximum Gasteiger partial charge on any atom is 0.250 e. The highest BCUT2D eigenvalue weighted by atomic mass is 35.5. The summed E-state index contributed by atoms with van der Waals surface area (Å²) in [5.41, 5.74) is 6.46. The number of carbonyl (C=O) groups is 1. The molecule has 1 aromatic rings. The molecule has 0 saturated heterocycles. The monoisotopic (exact) mass is 267 g/mol. The van der Waals surface area contributed by atoms with Crippen molar-refractivity contribution in [2.24, 2.45) is 5.73 Å². The van der Waals surface area contributed by atoms with E-state index in [1.165, 1.54) is 12.8 Å². The SMILES string of the molecule is NC(=O)c1ccc(NCCCNC2CC2)cc1Cl. The fourth-order valence-corrected chi connectivity index (χ4v) is 2.01. The van der Waals surface area contributed by atoms with Gasteiger partial charge in [0.05, 0.1) is 10.6 Å². The Bertz CT molecular complexity index is 432. The minimum absolute atomic E-state index is 0.359. The lowest BCUT2D eigenvalue weighted by molar-refractivity contribution is 0.100. The van der Waals surface area contributed by atoms with Crippen LogP contribution >= 0.6 is 11.6 Å². The van der Waals surface area contributed by atoms with Crippen LogP contribution in [0.4, 0.5) is 5.69 Å². The number of halogens is 1. The molecule has 0 atom stereocenters. The van der Waals surface area contributed by atoms with Crippen molar-refractivity contribution in [1.82, 2.24) is 5.32 Å². The molecule has 1 saturated carbocycles. The van der Waals surface area contributed by atoms with Crippen molar-refractivity contribution in [3.05, 3.63) is 28.8 Å². The number of nitrogens with one attached hydrogen (secondary N) is 2. The van der Waals surface area contributed by atoms with Crippen molar-refractivity contribution < 1.29 is 4.79 Å². The topological polar surface area (TPSA) is 67.2 Å². The predicted molar refractivity (Wildman–Crippen MR) is 74.1 cm³/mol. The van der Waals surface area contributed by atoms with Crippen molar-refractivity contribution in [3.63, 3.8) is 0 Å². The molecule has 1 fully saturated rings. The molecule has 0 radical (unpaired) electrons. The van der Waals surface area contributed by atoms with Crippen LogP contribution in [0.2, 0.25) is 5.02 Å². The van der Waals surface area contributed by atoms with Crippen LogP contribution < -0.4 is 16.4 Å². The molecule has 1 amide bonds. The molecule has 4 nitrogen and oxygen atoms in total. The average Bonchev–Trinajstić information content (AvgIpc) is 3.12. The zero-order valence-electron chi connectivity index (χ0n) is 10.2. The van der Waals surface area contributed by atoms with E-state index in [0.29, 0.717) is 10.6 Å². The third kappa shape index (κ3) is 3.89. The first-order valence-corrected chi connectivity index (χ1v) is 6.61. The van der Waals surface area contributed by atoms with Crippen LogP contribution in [-0.2, 0) is 0 Å². The number of rotatable bonds is 7. The molecule has 98 valence electrons. The van der Waals surface area contributed by atoms with Gasteiger partial charge in [0.2, 0.25) is 5.91 Å². The molecule has 4 N–H and O–H groups in total. The minimum atomic E-state index is -0.500. The third-order valence-corrected chi connectivity index (χ3v) is 3.24. The van der Waals surface area contributed by atoms with E-state index in [-0.39, 0.29) is 0 Å². The first-order valence-electron chi connectivity index (χ1n) is 6.23. The van der Waals surface area contributed by atoms with Gasteiger partial charge in [-0.3, -0.25) is 4.79 Å². The summed E-state index contributed by atoms with van der Waals surface area (Å²) in [6, 6.07) is 5.96. The molecule has 0 heterocycles. The number of nitrogens with two attached hydrogens (primary N) is 1. The maximum absolute atomic E-state index is 11.0. The van der Waals surface area contributed by atoms with Crippen LogP contribution in [0.1, 0.15) is 29.6 Å². The number of benzene rings is 1. The zero-order chi connectivity index (χ0) is 13.0. The van der Waals surface area contributed by atoms with E-state index in [0.717, 1.165) is 31.2 Å². The highest BCUT2D eigenvalue weighted by Crippen LogP contribution is 2.20. The molecule has 18 heavy (non-hydrogen) atoms. The van der Waals surface area contributed by atoms with Gasteiger partial charge in [0, 0.05) is 18.3 Å². The Kier molecular flexibility index (Phi) is 4.44. The standard InChI is InChI=1S/C13H18ClN3O/c14-12-8-10(4-5-11(12)13(15)18)17-7-1-6-16-9-2-3-9/h4-5,8-9,16-17H,1-3,6-7H2,(H2,15,18). The molecular formula is C13H18ClN3O. The molecule has 1 aliphatic carbocycles. The number of amides is 1. The van der Waals surface area contributed by atoms with Crippen LogP contribution in [0, 0.1) is 0 Å². The fraction of sp³-hybridized carbons (Fsp3) is 0.462. The van der Waals surface area contributed by atoms with E-state index in [9.17, 15) is 4.79 Å². The zero-order valence-corrected chi connectivity index (χ0v) is 11.0. The summed E-state index contributed by atoms with van der Waals surface area (Å²) >= 11 is 5.96. The van der Waals surface area contributed by atoms with Gasteiger partial charge in [0.15, 0.2) is 0 Å². The molecule has 0 unspecified atom stereocenters. The van der Waals surface area contributed by atoms with Gasteiger partial charge in [-0.05, 0) is 44.0 Å². The Morgan fingerprint density at radius 3 is 2.78 bits per heavy atom. The molecule has 1 aromatic carbocycles. The second-order valence-corrected chi connectivity index (χ2v) is 4.97. The second kappa shape index (κ2) is 6.07. The number of hydrogen-bond acceptors (Lipinski definition) is 3. The lowest BCUT2D eigenvalue weighted by Crippen LogP contribution is -2.20. The van der Waals surface area contributed by atoms with Gasteiger partial charge in [-0.2, -0.15) is 0 Å². The second-order valence-electron chi connectivity index (χ2n) is 4.57. The predicted octanol–water partition coefficient (Wildman–Crippen LogP) is 1.99. The Hall–Kier alpha value is -1.26. The summed E-state index contributed by atoms with van der Waals surface area (Å²) in [6.45, 7) is 1.91. The first kappa shape index (κ1) is 13.2. The molecule has 0 spiro atoms. The summed E-state index contributed by atoms with van der Waals surface area (Å²) in [4.78, 5) is 11.0.